The molecule has 2 aromatic carbocycles. The van der Waals surface area contributed by atoms with Gasteiger partial charge in [-0.25, -0.2) is 0 Å². The molecule has 1 saturated carbocycles. The van der Waals surface area contributed by atoms with Crippen LogP contribution in [0.4, 0.5) is 0 Å². The van der Waals surface area contributed by atoms with Crippen molar-refractivity contribution < 1.29 is 9.84 Å². The van der Waals surface area contributed by atoms with E-state index < -0.39 is 0 Å². The Bertz CT molecular complexity index is 1230. The summed E-state index contributed by atoms with van der Waals surface area (Å²) in [6.07, 6.45) is 6.05. The van der Waals surface area contributed by atoms with Crippen molar-refractivity contribution in [3.8, 4) is 11.5 Å². The number of aromatic amines is 1. The lowest BCUT2D eigenvalue weighted by molar-refractivity contribution is -0.00200. The van der Waals surface area contributed by atoms with E-state index >= 15 is 0 Å². The maximum absolute atomic E-state index is 10.7. The summed E-state index contributed by atoms with van der Waals surface area (Å²) in [6, 6.07) is 13.3. The zero-order valence-electron chi connectivity index (χ0n) is 17.0. The average molecular weight is 399 g/mol. The molecule has 30 heavy (non-hydrogen) atoms. The molecule has 0 radical (unpaired) electrons. The molecule has 1 spiro atoms. The van der Waals surface area contributed by atoms with Gasteiger partial charge in [-0.15, -0.1) is 0 Å². The molecule has 152 valence electrons. The second kappa shape index (κ2) is 5.23. The molecule has 1 saturated heterocycles. The number of H-pyrrole nitrogens is 1. The average Bonchev–Trinajstić information content (AvgIpc) is 3.41. The second-order valence-electron chi connectivity index (χ2n) is 10.3. The fraction of sp³-hybridized carbons (Fsp3) is 0.462. The van der Waals surface area contributed by atoms with Crippen LogP contribution >= 0.6 is 0 Å². The maximum Gasteiger partial charge on any atom is 0.165 e. The molecule has 3 heterocycles. The van der Waals surface area contributed by atoms with Gasteiger partial charge in [0.1, 0.15) is 6.10 Å². The van der Waals surface area contributed by atoms with Crippen LogP contribution in [-0.4, -0.2) is 40.2 Å². The number of benzene rings is 2. The van der Waals surface area contributed by atoms with Crippen molar-refractivity contribution in [3.63, 3.8) is 0 Å². The summed E-state index contributed by atoms with van der Waals surface area (Å²) in [5.41, 5.74) is 6.90. The van der Waals surface area contributed by atoms with Crippen LogP contribution in [0.2, 0.25) is 0 Å². The number of phenols is 1. The number of aromatic hydroxyl groups is 1. The Hall–Kier alpha value is -2.46. The Morgan fingerprint density at radius 1 is 1.13 bits per heavy atom. The summed E-state index contributed by atoms with van der Waals surface area (Å²) in [4.78, 5) is 6.68. The molecule has 8 rings (SSSR count). The molecule has 4 atom stereocenters. The summed E-state index contributed by atoms with van der Waals surface area (Å²) in [5.74, 6) is 2.42. The maximum atomic E-state index is 10.7. The van der Waals surface area contributed by atoms with E-state index in [0.717, 1.165) is 37.5 Å². The Balaban J connectivity index is 1.41. The van der Waals surface area contributed by atoms with Gasteiger partial charge in [0.25, 0.3) is 0 Å². The summed E-state index contributed by atoms with van der Waals surface area (Å²) in [5, 5.41) is 12.0. The van der Waals surface area contributed by atoms with E-state index in [1.807, 2.05) is 6.07 Å². The molecule has 3 aliphatic carbocycles. The summed E-state index contributed by atoms with van der Waals surface area (Å²) >= 11 is 0. The van der Waals surface area contributed by atoms with Gasteiger partial charge in [0.15, 0.2) is 11.5 Å². The largest absolute Gasteiger partial charge is 0.504 e. The monoisotopic (exact) mass is 398 g/mol. The molecule has 2 aliphatic heterocycles. The number of ether oxygens (including phenoxy) is 1. The minimum absolute atomic E-state index is 0.000248. The smallest absolute Gasteiger partial charge is 0.165 e. The molecular formula is C26H26N2O2. The second-order valence-corrected chi connectivity index (χ2v) is 10.3. The van der Waals surface area contributed by atoms with E-state index in [-0.39, 0.29) is 11.5 Å². The third kappa shape index (κ3) is 1.80. The Morgan fingerprint density at radius 2 is 2.03 bits per heavy atom. The van der Waals surface area contributed by atoms with Crippen molar-refractivity contribution in [1.29, 1.82) is 0 Å². The van der Waals surface area contributed by atoms with E-state index in [4.69, 9.17) is 4.74 Å². The molecule has 4 nitrogen and oxygen atoms in total. The number of hydrogen-bond acceptors (Lipinski definition) is 3. The molecular weight excluding hydrogens is 372 g/mol. The standard InChI is InChI=1S/C26H26N2O2/c29-20-8-7-15-11-19-23-24-17(16-3-1-2-4-18(16)27-24)12-21-26(23,22(15)25(20)30-21)9-10-28(19)13-14-5-6-14/h1-4,7-8,14,19,21,23,27,29H,5-6,9-13H2/t19-,21+,23-,26-/m1/s1. The molecule has 4 heteroatoms. The highest BCUT2D eigenvalue weighted by atomic mass is 16.5. The third-order valence-corrected chi connectivity index (χ3v) is 8.91. The summed E-state index contributed by atoms with van der Waals surface area (Å²) in [7, 11) is 0. The van der Waals surface area contributed by atoms with Crippen LogP contribution in [0, 0.1) is 5.92 Å². The van der Waals surface area contributed by atoms with Gasteiger partial charge in [-0.2, -0.15) is 0 Å². The molecule has 0 unspecified atom stereocenters. The Labute approximate surface area is 175 Å². The molecule has 1 aromatic heterocycles. The number of nitrogens with zero attached hydrogens (tertiary/aromatic N) is 1. The quantitative estimate of drug-likeness (QED) is 0.678. The fourth-order valence-electron chi connectivity index (χ4n) is 7.56. The third-order valence-electron chi connectivity index (χ3n) is 8.91. The van der Waals surface area contributed by atoms with E-state index in [0.29, 0.717) is 17.7 Å². The van der Waals surface area contributed by atoms with Gasteiger partial charge >= 0.3 is 0 Å². The number of likely N-dealkylation sites (tertiary alicyclic amines) is 1. The minimum Gasteiger partial charge on any atom is -0.504 e. The number of rotatable bonds is 2. The fourth-order valence-corrected chi connectivity index (χ4v) is 7.56. The zero-order chi connectivity index (χ0) is 19.6. The van der Waals surface area contributed by atoms with Crippen LogP contribution < -0.4 is 4.74 Å². The number of fused-ring (bicyclic) bond motifs is 3. The first-order chi connectivity index (χ1) is 14.7. The SMILES string of the molecule is Oc1ccc2c3c1O[C@H]1Cc4c([nH]c5ccccc45)[C@H]4[C@@H](C2)N(CC2CC2)CC[C@]314. The van der Waals surface area contributed by atoms with E-state index in [1.165, 1.54) is 52.7 Å². The van der Waals surface area contributed by atoms with E-state index in [2.05, 4.69) is 40.2 Å². The summed E-state index contributed by atoms with van der Waals surface area (Å²) in [6.45, 7) is 2.40. The van der Waals surface area contributed by atoms with Crippen LogP contribution in [0.1, 0.15) is 47.6 Å². The lowest BCUT2D eigenvalue weighted by atomic mass is 9.51. The van der Waals surface area contributed by atoms with Crippen molar-refractivity contribution >= 4 is 10.9 Å². The number of para-hydroxylation sites is 1. The first kappa shape index (κ1) is 16.3. The zero-order valence-corrected chi connectivity index (χ0v) is 17.0. The van der Waals surface area contributed by atoms with Crippen LogP contribution in [0.25, 0.3) is 10.9 Å². The van der Waals surface area contributed by atoms with Gasteiger partial charge in [0.05, 0.1) is 0 Å². The van der Waals surface area contributed by atoms with Crippen LogP contribution in [-0.2, 0) is 18.3 Å². The number of hydrogen-bond donors (Lipinski definition) is 2. The van der Waals surface area contributed by atoms with Gasteiger partial charge in [-0.05, 0) is 61.4 Å². The minimum atomic E-state index is 0.000248. The predicted octanol–water partition coefficient (Wildman–Crippen LogP) is 4.25. The number of nitrogens with one attached hydrogen (secondary N) is 1. The Morgan fingerprint density at radius 3 is 2.93 bits per heavy atom. The van der Waals surface area contributed by atoms with Gasteiger partial charge in [0, 0.05) is 52.5 Å². The van der Waals surface area contributed by atoms with E-state index in [1.54, 1.807) is 0 Å². The Kier molecular flexibility index (Phi) is 2.83. The topological polar surface area (TPSA) is 48.5 Å². The highest BCUT2D eigenvalue weighted by molar-refractivity contribution is 5.86. The number of piperidine rings is 1. The summed E-state index contributed by atoms with van der Waals surface area (Å²) < 4.78 is 6.63. The van der Waals surface area contributed by atoms with Crippen LogP contribution in [0.5, 0.6) is 11.5 Å². The lowest BCUT2D eigenvalue weighted by Crippen LogP contribution is -2.63. The van der Waals surface area contributed by atoms with Crippen molar-refractivity contribution in [2.45, 2.75) is 55.6 Å². The molecule has 3 aromatic rings. The van der Waals surface area contributed by atoms with Crippen LogP contribution in [0.15, 0.2) is 36.4 Å². The molecule has 2 bridgehead atoms. The van der Waals surface area contributed by atoms with Crippen molar-refractivity contribution in [2.75, 3.05) is 13.1 Å². The molecule has 2 N–H and O–H groups in total. The normalized spacial score (nSPS) is 33.3. The highest BCUT2D eigenvalue weighted by Gasteiger charge is 2.65. The number of aromatic nitrogens is 1. The molecule has 2 fully saturated rings. The van der Waals surface area contributed by atoms with Gasteiger partial charge in [-0.1, -0.05) is 24.3 Å². The first-order valence-corrected chi connectivity index (χ1v) is 11.6. The van der Waals surface area contributed by atoms with Crippen molar-refractivity contribution in [1.82, 2.24) is 9.88 Å². The molecule has 5 aliphatic rings. The van der Waals surface area contributed by atoms with Crippen molar-refractivity contribution in [2.24, 2.45) is 5.92 Å². The van der Waals surface area contributed by atoms with Crippen molar-refractivity contribution in [3.05, 3.63) is 58.8 Å². The van der Waals surface area contributed by atoms with Crippen LogP contribution in [0.3, 0.4) is 0 Å². The highest BCUT2D eigenvalue weighted by Crippen LogP contribution is 2.66. The van der Waals surface area contributed by atoms with E-state index in [9.17, 15) is 5.11 Å². The van der Waals surface area contributed by atoms with Gasteiger partial charge < -0.3 is 14.8 Å². The lowest BCUT2D eigenvalue weighted by Gasteiger charge is -2.58. The predicted molar refractivity (Wildman–Crippen MR) is 115 cm³/mol. The first-order valence-electron chi connectivity index (χ1n) is 11.6. The van der Waals surface area contributed by atoms with Gasteiger partial charge in [0.2, 0.25) is 0 Å². The molecule has 0 amide bonds. The van der Waals surface area contributed by atoms with Gasteiger partial charge in [-0.3, -0.25) is 4.90 Å². The number of phenolic OH excluding ortho intramolecular Hbond substituents is 1.